The van der Waals surface area contributed by atoms with Gasteiger partial charge in [-0.25, -0.2) is 4.98 Å². The van der Waals surface area contributed by atoms with Gasteiger partial charge in [0.2, 0.25) is 5.88 Å². The Kier molecular flexibility index (Phi) is 6.25. The maximum atomic E-state index is 12.7. The molecule has 0 unspecified atom stereocenters. The number of pyridine rings is 1. The monoisotopic (exact) mass is 340 g/mol. The maximum Gasteiger partial charge on any atom is 0.255 e. The molecule has 0 radical (unpaired) electrons. The van der Waals surface area contributed by atoms with Crippen molar-refractivity contribution in [2.24, 2.45) is 0 Å². The third kappa shape index (κ3) is 4.58. The number of ether oxygens (including phenoxy) is 2. The van der Waals surface area contributed by atoms with Crippen molar-refractivity contribution in [2.45, 2.75) is 58.7 Å². The minimum atomic E-state index is -0.0676. The number of rotatable bonds is 5. The van der Waals surface area contributed by atoms with E-state index in [1.54, 1.807) is 12.3 Å². The summed E-state index contributed by atoms with van der Waals surface area (Å²) >= 11 is 6.27. The van der Waals surface area contributed by atoms with Gasteiger partial charge in [-0.05, 0) is 33.8 Å². The van der Waals surface area contributed by atoms with Crippen LogP contribution in [0.1, 0.15) is 50.9 Å². The first kappa shape index (κ1) is 18.0. The number of halogens is 1. The van der Waals surface area contributed by atoms with Crippen molar-refractivity contribution in [1.29, 1.82) is 0 Å². The van der Waals surface area contributed by atoms with E-state index in [0.29, 0.717) is 29.7 Å². The highest BCUT2D eigenvalue weighted by atomic mass is 35.5. The Morgan fingerprint density at radius 1 is 1.30 bits per heavy atom. The molecule has 1 saturated heterocycles. The number of hydrogen-bond acceptors (Lipinski definition) is 4. The van der Waals surface area contributed by atoms with Gasteiger partial charge in [-0.15, -0.1) is 0 Å². The van der Waals surface area contributed by atoms with Gasteiger partial charge in [0, 0.05) is 31.1 Å². The van der Waals surface area contributed by atoms with Crippen molar-refractivity contribution in [1.82, 2.24) is 9.88 Å². The summed E-state index contributed by atoms with van der Waals surface area (Å²) in [5, 5.41) is 0.370. The lowest BCUT2D eigenvalue weighted by molar-refractivity contribution is 0.0238. The molecule has 0 aromatic carbocycles. The molecule has 0 atom stereocenters. The molecular formula is C17H25ClN2O3. The van der Waals surface area contributed by atoms with Crippen LogP contribution in [0.5, 0.6) is 5.88 Å². The Bertz CT molecular complexity index is 535. The van der Waals surface area contributed by atoms with Gasteiger partial charge in [0.15, 0.2) is 0 Å². The van der Waals surface area contributed by atoms with E-state index in [4.69, 9.17) is 21.1 Å². The molecule has 1 fully saturated rings. The van der Waals surface area contributed by atoms with Gasteiger partial charge in [0.05, 0.1) is 18.8 Å². The molecule has 2 heterocycles. The van der Waals surface area contributed by atoms with E-state index in [9.17, 15) is 4.79 Å². The number of aromatic nitrogens is 1. The highest BCUT2D eigenvalue weighted by molar-refractivity contribution is 6.32. The van der Waals surface area contributed by atoms with Crippen molar-refractivity contribution in [3.8, 4) is 5.88 Å². The van der Waals surface area contributed by atoms with E-state index in [1.165, 1.54) is 0 Å². The van der Waals surface area contributed by atoms with Crippen molar-refractivity contribution < 1.29 is 14.3 Å². The molecule has 128 valence electrons. The number of amides is 1. The summed E-state index contributed by atoms with van der Waals surface area (Å²) in [7, 11) is 0. The molecule has 0 aliphatic carbocycles. The Labute approximate surface area is 142 Å². The summed E-state index contributed by atoms with van der Waals surface area (Å²) in [5.74, 6) is 0.317. The first-order valence-corrected chi connectivity index (χ1v) is 8.50. The van der Waals surface area contributed by atoms with Crippen molar-refractivity contribution >= 4 is 17.5 Å². The van der Waals surface area contributed by atoms with Gasteiger partial charge in [-0.3, -0.25) is 4.79 Å². The highest BCUT2D eigenvalue weighted by Gasteiger charge is 2.23. The van der Waals surface area contributed by atoms with Gasteiger partial charge in [0.1, 0.15) is 11.1 Å². The lowest BCUT2D eigenvalue weighted by atomic mass is 10.1. The fraction of sp³-hybridized carbons (Fsp3) is 0.647. The first-order valence-electron chi connectivity index (χ1n) is 8.12. The quantitative estimate of drug-likeness (QED) is 0.822. The van der Waals surface area contributed by atoms with E-state index in [0.717, 1.165) is 12.8 Å². The van der Waals surface area contributed by atoms with Crippen LogP contribution in [0, 0.1) is 0 Å². The van der Waals surface area contributed by atoms with Crippen LogP contribution in [0.25, 0.3) is 0 Å². The Balaban J connectivity index is 2.13. The first-order chi connectivity index (χ1) is 10.9. The third-order valence-corrected chi connectivity index (χ3v) is 4.12. The van der Waals surface area contributed by atoms with Crippen LogP contribution in [0.4, 0.5) is 0 Å². The van der Waals surface area contributed by atoms with Gasteiger partial charge in [-0.1, -0.05) is 11.6 Å². The molecule has 23 heavy (non-hydrogen) atoms. The van der Waals surface area contributed by atoms with E-state index in [-0.39, 0.29) is 24.1 Å². The molecule has 0 saturated carbocycles. The van der Waals surface area contributed by atoms with E-state index in [2.05, 4.69) is 4.98 Å². The molecule has 1 aliphatic heterocycles. The van der Waals surface area contributed by atoms with Gasteiger partial charge in [-0.2, -0.15) is 0 Å². The van der Waals surface area contributed by atoms with Crippen LogP contribution in [0.2, 0.25) is 5.02 Å². The van der Waals surface area contributed by atoms with Crippen molar-refractivity contribution in [3.05, 3.63) is 22.8 Å². The van der Waals surface area contributed by atoms with Crippen molar-refractivity contribution in [2.75, 3.05) is 13.2 Å². The van der Waals surface area contributed by atoms with Gasteiger partial charge < -0.3 is 14.4 Å². The number of carbonyl (C=O) groups excluding carboxylic acids is 1. The molecule has 1 aromatic rings. The standard InChI is InChI=1S/C17H25ClN2O3/c1-11(2)20(12(3)4)17(21)13-9-15(18)16(19-10-13)23-14-5-7-22-8-6-14/h9-12,14H,5-8H2,1-4H3. The minimum absolute atomic E-state index is 0.0676. The lowest BCUT2D eigenvalue weighted by Gasteiger charge is -2.31. The zero-order valence-electron chi connectivity index (χ0n) is 14.2. The molecular weight excluding hydrogens is 316 g/mol. The van der Waals surface area contributed by atoms with Crippen LogP contribution in [0.15, 0.2) is 12.3 Å². The molecule has 2 rings (SSSR count). The summed E-state index contributed by atoms with van der Waals surface area (Å²) in [4.78, 5) is 18.7. The van der Waals surface area contributed by atoms with Crippen LogP contribution in [0.3, 0.4) is 0 Å². The van der Waals surface area contributed by atoms with E-state index >= 15 is 0 Å². The Morgan fingerprint density at radius 3 is 2.43 bits per heavy atom. The summed E-state index contributed by atoms with van der Waals surface area (Å²) in [6.07, 6.45) is 3.26. The predicted molar refractivity (Wildman–Crippen MR) is 90.2 cm³/mol. The highest BCUT2D eigenvalue weighted by Crippen LogP contribution is 2.26. The summed E-state index contributed by atoms with van der Waals surface area (Å²) in [5.41, 5.74) is 0.483. The fourth-order valence-corrected chi connectivity index (χ4v) is 3.01. The van der Waals surface area contributed by atoms with E-state index < -0.39 is 0 Å². The average molecular weight is 341 g/mol. The second kappa shape index (κ2) is 7.97. The lowest BCUT2D eigenvalue weighted by Crippen LogP contribution is -2.42. The molecule has 5 nitrogen and oxygen atoms in total. The fourth-order valence-electron chi connectivity index (χ4n) is 2.80. The van der Waals surface area contributed by atoms with Gasteiger partial charge in [0.25, 0.3) is 5.91 Å². The average Bonchev–Trinajstić information content (AvgIpc) is 2.49. The maximum absolute atomic E-state index is 12.7. The van der Waals surface area contributed by atoms with Gasteiger partial charge >= 0.3 is 0 Å². The minimum Gasteiger partial charge on any atom is -0.473 e. The molecule has 1 aromatic heterocycles. The molecule has 0 N–H and O–H groups in total. The van der Waals surface area contributed by atoms with Crippen LogP contribution in [-0.2, 0) is 4.74 Å². The smallest absolute Gasteiger partial charge is 0.255 e. The second-order valence-electron chi connectivity index (χ2n) is 6.34. The second-order valence-corrected chi connectivity index (χ2v) is 6.75. The Hall–Kier alpha value is -1.33. The third-order valence-electron chi connectivity index (χ3n) is 3.85. The predicted octanol–water partition coefficient (Wildman–Crippen LogP) is 3.55. The largest absolute Gasteiger partial charge is 0.473 e. The SMILES string of the molecule is CC(C)N(C(=O)c1cnc(OC2CCOCC2)c(Cl)c1)C(C)C. The summed E-state index contributed by atoms with van der Waals surface area (Å²) in [6.45, 7) is 9.36. The number of nitrogens with zero attached hydrogens (tertiary/aromatic N) is 2. The number of carbonyl (C=O) groups is 1. The molecule has 6 heteroatoms. The Morgan fingerprint density at radius 2 is 1.91 bits per heavy atom. The zero-order chi connectivity index (χ0) is 17.0. The van der Waals surface area contributed by atoms with Crippen molar-refractivity contribution in [3.63, 3.8) is 0 Å². The van der Waals surface area contributed by atoms with E-state index in [1.807, 2.05) is 32.6 Å². The molecule has 0 spiro atoms. The summed E-state index contributed by atoms with van der Waals surface area (Å²) in [6, 6.07) is 1.86. The van der Waals surface area contributed by atoms with Crippen LogP contribution < -0.4 is 4.74 Å². The van der Waals surface area contributed by atoms with Crippen LogP contribution >= 0.6 is 11.6 Å². The number of hydrogen-bond donors (Lipinski definition) is 0. The summed E-state index contributed by atoms with van der Waals surface area (Å²) < 4.78 is 11.1. The topological polar surface area (TPSA) is 51.7 Å². The zero-order valence-corrected chi connectivity index (χ0v) is 15.0. The molecule has 1 aliphatic rings. The molecule has 1 amide bonds. The molecule has 0 bridgehead atoms. The van der Waals surface area contributed by atoms with Crippen LogP contribution in [-0.4, -0.2) is 47.2 Å². The normalized spacial score (nSPS) is 16.0.